The van der Waals surface area contributed by atoms with Crippen LogP contribution in [0.3, 0.4) is 0 Å². The summed E-state index contributed by atoms with van der Waals surface area (Å²) >= 11 is 0. The first-order chi connectivity index (χ1) is 6.66. The van der Waals surface area contributed by atoms with E-state index in [1.54, 1.807) is 0 Å². The molecule has 0 unspecified atom stereocenters. The van der Waals surface area contributed by atoms with E-state index in [9.17, 15) is 18.0 Å². The smallest absolute Gasteiger partial charge is 0.299 e. The van der Waals surface area contributed by atoms with E-state index in [-0.39, 0.29) is 12.3 Å². The van der Waals surface area contributed by atoms with Crippen LogP contribution in [0.15, 0.2) is 0 Å². The molecule has 1 atom stereocenters. The quantitative estimate of drug-likeness (QED) is 0.693. The lowest BCUT2D eigenvalue weighted by molar-refractivity contribution is -0.185. The van der Waals surface area contributed by atoms with Crippen LogP contribution in [-0.4, -0.2) is 12.0 Å². The summed E-state index contributed by atoms with van der Waals surface area (Å²) in [5, 5.41) is 0. The van der Waals surface area contributed by atoms with Crippen molar-refractivity contribution < 1.29 is 18.0 Å². The van der Waals surface area contributed by atoms with Crippen LogP contribution in [0.1, 0.15) is 40.5 Å². The summed E-state index contributed by atoms with van der Waals surface area (Å²) in [5.74, 6) is -2.83. The van der Waals surface area contributed by atoms with Gasteiger partial charge in [0.2, 0.25) is 0 Å². The Kier molecular flexibility index (Phi) is 5.32. The molecule has 0 saturated heterocycles. The normalized spacial score (nSPS) is 14.7. The third-order valence-electron chi connectivity index (χ3n) is 2.34. The van der Waals surface area contributed by atoms with Gasteiger partial charge in [0.1, 0.15) is 11.7 Å². The second-order valence-electron chi connectivity index (χ2n) is 4.62. The van der Waals surface area contributed by atoms with Gasteiger partial charge in [-0.1, -0.05) is 27.7 Å². The van der Waals surface area contributed by atoms with Crippen LogP contribution in [-0.2, 0) is 4.79 Å². The highest BCUT2D eigenvalue weighted by Gasteiger charge is 2.44. The standard InChI is InChI=1S/C11H19F3O/c1-7(2)5-6-9(11(12,13)14)10(15)8(3)4/h7-9H,5-6H2,1-4H3/t9-/m0/s1. The maximum atomic E-state index is 12.6. The molecule has 0 heterocycles. The summed E-state index contributed by atoms with van der Waals surface area (Å²) in [6.45, 7) is 6.73. The SMILES string of the molecule is CC(C)CC[C@@H](C(=O)C(C)C)C(F)(F)F. The third kappa shape index (κ3) is 5.19. The van der Waals surface area contributed by atoms with Gasteiger partial charge in [-0.05, 0) is 18.8 Å². The first-order valence-corrected chi connectivity index (χ1v) is 5.26. The van der Waals surface area contributed by atoms with Crippen molar-refractivity contribution in [3.63, 3.8) is 0 Å². The van der Waals surface area contributed by atoms with E-state index in [2.05, 4.69) is 0 Å². The number of Topliss-reactive ketones (excluding diaryl/α,β-unsaturated/α-hetero) is 1. The first kappa shape index (κ1) is 14.5. The Morgan fingerprint density at radius 1 is 1.07 bits per heavy atom. The Balaban J connectivity index is 4.53. The maximum Gasteiger partial charge on any atom is 0.398 e. The van der Waals surface area contributed by atoms with Gasteiger partial charge in [-0.15, -0.1) is 0 Å². The van der Waals surface area contributed by atoms with E-state index in [1.165, 1.54) is 13.8 Å². The molecule has 0 aliphatic rings. The van der Waals surface area contributed by atoms with E-state index < -0.39 is 23.8 Å². The number of ketones is 1. The van der Waals surface area contributed by atoms with Gasteiger partial charge < -0.3 is 0 Å². The maximum absolute atomic E-state index is 12.6. The van der Waals surface area contributed by atoms with Crippen LogP contribution < -0.4 is 0 Å². The zero-order chi connectivity index (χ0) is 12.2. The Labute approximate surface area is 89.0 Å². The molecule has 0 bridgehead atoms. The van der Waals surface area contributed by atoms with Crippen LogP contribution in [0.5, 0.6) is 0 Å². The van der Waals surface area contributed by atoms with Crippen molar-refractivity contribution in [1.82, 2.24) is 0 Å². The third-order valence-corrected chi connectivity index (χ3v) is 2.34. The van der Waals surface area contributed by atoms with Crippen molar-refractivity contribution in [2.75, 3.05) is 0 Å². The molecule has 0 rings (SSSR count). The van der Waals surface area contributed by atoms with Gasteiger partial charge in [0, 0.05) is 5.92 Å². The van der Waals surface area contributed by atoms with Gasteiger partial charge in [-0.3, -0.25) is 4.79 Å². The number of alkyl halides is 3. The summed E-state index contributed by atoms with van der Waals surface area (Å²) in [5.41, 5.74) is 0. The molecule has 0 aromatic heterocycles. The molecule has 0 N–H and O–H groups in total. The van der Waals surface area contributed by atoms with Crippen molar-refractivity contribution >= 4 is 5.78 Å². The molecule has 0 aromatic carbocycles. The molecule has 0 fully saturated rings. The van der Waals surface area contributed by atoms with Gasteiger partial charge in [-0.25, -0.2) is 0 Å². The van der Waals surface area contributed by atoms with Crippen LogP contribution in [0, 0.1) is 17.8 Å². The van der Waals surface area contributed by atoms with Crippen molar-refractivity contribution in [2.24, 2.45) is 17.8 Å². The first-order valence-electron chi connectivity index (χ1n) is 5.26. The number of carbonyl (C=O) groups excluding carboxylic acids is 1. The van der Waals surface area contributed by atoms with Crippen LogP contribution in [0.25, 0.3) is 0 Å². The van der Waals surface area contributed by atoms with Gasteiger partial charge in [0.25, 0.3) is 0 Å². The number of hydrogen-bond donors (Lipinski definition) is 0. The van der Waals surface area contributed by atoms with Gasteiger partial charge in [0.05, 0.1) is 0 Å². The summed E-state index contributed by atoms with van der Waals surface area (Å²) in [6.07, 6.45) is -4.04. The Bertz CT molecular complexity index is 206. The van der Waals surface area contributed by atoms with E-state index >= 15 is 0 Å². The number of carbonyl (C=O) groups is 1. The van der Waals surface area contributed by atoms with E-state index in [0.29, 0.717) is 6.42 Å². The predicted octanol–water partition coefficient (Wildman–Crippen LogP) is 3.83. The van der Waals surface area contributed by atoms with Crippen LogP contribution in [0.4, 0.5) is 13.2 Å². The van der Waals surface area contributed by atoms with Crippen LogP contribution >= 0.6 is 0 Å². The fraction of sp³-hybridized carbons (Fsp3) is 0.909. The average molecular weight is 224 g/mol. The van der Waals surface area contributed by atoms with E-state index in [4.69, 9.17) is 0 Å². The molecule has 0 amide bonds. The lowest BCUT2D eigenvalue weighted by Crippen LogP contribution is -2.33. The monoisotopic (exact) mass is 224 g/mol. The molecule has 0 spiro atoms. The molecule has 0 aromatic rings. The minimum absolute atomic E-state index is 0.0851. The summed E-state index contributed by atoms with van der Waals surface area (Å²) in [6, 6.07) is 0. The van der Waals surface area contributed by atoms with Crippen molar-refractivity contribution in [3.8, 4) is 0 Å². The molecule has 0 aliphatic heterocycles. The fourth-order valence-corrected chi connectivity index (χ4v) is 1.37. The van der Waals surface area contributed by atoms with Crippen molar-refractivity contribution in [1.29, 1.82) is 0 Å². The Hall–Kier alpha value is -0.540. The highest BCUT2D eigenvalue weighted by Crippen LogP contribution is 2.33. The highest BCUT2D eigenvalue weighted by atomic mass is 19.4. The second kappa shape index (κ2) is 5.52. The fourth-order valence-electron chi connectivity index (χ4n) is 1.37. The topological polar surface area (TPSA) is 17.1 Å². The van der Waals surface area contributed by atoms with Crippen molar-refractivity contribution in [2.45, 2.75) is 46.7 Å². The van der Waals surface area contributed by atoms with Gasteiger partial charge >= 0.3 is 6.18 Å². The average Bonchev–Trinajstić information content (AvgIpc) is 2.00. The molecular weight excluding hydrogens is 205 g/mol. The second-order valence-corrected chi connectivity index (χ2v) is 4.62. The molecule has 4 heteroatoms. The zero-order valence-electron chi connectivity index (χ0n) is 9.69. The molecular formula is C11H19F3O. The molecule has 0 aliphatic carbocycles. The molecule has 0 radical (unpaired) electrons. The van der Waals surface area contributed by atoms with Crippen LogP contribution in [0.2, 0.25) is 0 Å². The Morgan fingerprint density at radius 2 is 1.53 bits per heavy atom. The molecule has 15 heavy (non-hydrogen) atoms. The number of hydrogen-bond acceptors (Lipinski definition) is 1. The predicted molar refractivity (Wildman–Crippen MR) is 53.5 cm³/mol. The number of rotatable bonds is 5. The zero-order valence-corrected chi connectivity index (χ0v) is 9.69. The van der Waals surface area contributed by atoms with Gasteiger partial charge in [0.15, 0.2) is 0 Å². The molecule has 90 valence electrons. The lowest BCUT2D eigenvalue weighted by Gasteiger charge is -2.21. The van der Waals surface area contributed by atoms with Crippen molar-refractivity contribution in [3.05, 3.63) is 0 Å². The minimum Gasteiger partial charge on any atom is -0.299 e. The van der Waals surface area contributed by atoms with E-state index in [0.717, 1.165) is 0 Å². The molecule has 1 nitrogen and oxygen atoms in total. The highest BCUT2D eigenvalue weighted by molar-refractivity contribution is 5.83. The summed E-state index contributed by atoms with van der Waals surface area (Å²) in [7, 11) is 0. The summed E-state index contributed by atoms with van der Waals surface area (Å²) < 4.78 is 37.7. The number of halogens is 3. The van der Waals surface area contributed by atoms with Gasteiger partial charge in [-0.2, -0.15) is 13.2 Å². The largest absolute Gasteiger partial charge is 0.398 e. The molecule has 0 saturated carbocycles. The summed E-state index contributed by atoms with van der Waals surface area (Å²) in [4.78, 5) is 11.4. The Morgan fingerprint density at radius 3 is 1.80 bits per heavy atom. The van der Waals surface area contributed by atoms with E-state index in [1.807, 2.05) is 13.8 Å². The lowest BCUT2D eigenvalue weighted by atomic mass is 9.88. The minimum atomic E-state index is -4.39.